The molecular weight excluding hydrogens is 226 g/mol. The third kappa shape index (κ3) is 1.98. The zero-order chi connectivity index (χ0) is 12.4. The van der Waals surface area contributed by atoms with Crippen LogP contribution in [0.2, 0.25) is 0 Å². The number of benzene rings is 2. The fraction of sp³-hybridized carbons (Fsp3) is 0. The van der Waals surface area contributed by atoms with Crippen LogP contribution in [-0.2, 0) is 0 Å². The molecule has 3 nitrogen and oxygen atoms in total. The number of hydrogen-bond donors (Lipinski definition) is 0. The highest BCUT2D eigenvalue weighted by Gasteiger charge is 2.05. The molecule has 18 heavy (non-hydrogen) atoms. The SMILES string of the molecule is C=Cc1nc2cc(Oc3ccccc3)ccc2o1. The maximum atomic E-state index is 5.72. The Morgan fingerprint density at radius 3 is 2.67 bits per heavy atom. The molecule has 0 N–H and O–H groups in total. The smallest absolute Gasteiger partial charge is 0.219 e. The van der Waals surface area contributed by atoms with E-state index in [1.807, 2.05) is 48.5 Å². The Hall–Kier alpha value is -2.55. The van der Waals surface area contributed by atoms with Crippen LogP contribution in [0.3, 0.4) is 0 Å². The molecule has 0 aliphatic heterocycles. The number of ether oxygens (including phenoxy) is 1. The average molecular weight is 237 g/mol. The van der Waals surface area contributed by atoms with Crippen molar-refractivity contribution in [3.63, 3.8) is 0 Å². The Balaban J connectivity index is 1.95. The summed E-state index contributed by atoms with van der Waals surface area (Å²) >= 11 is 0. The summed E-state index contributed by atoms with van der Waals surface area (Å²) in [4.78, 5) is 4.27. The fourth-order valence-electron chi connectivity index (χ4n) is 1.70. The van der Waals surface area contributed by atoms with E-state index < -0.39 is 0 Å². The van der Waals surface area contributed by atoms with Gasteiger partial charge in [0.25, 0.3) is 0 Å². The van der Waals surface area contributed by atoms with Crippen LogP contribution >= 0.6 is 0 Å². The largest absolute Gasteiger partial charge is 0.457 e. The van der Waals surface area contributed by atoms with E-state index in [0.29, 0.717) is 5.89 Å². The number of oxazole rings is 1. The Morgan fingerprint density at radius 1 is 1.06 bits per heavy atom. The summed E-state index contributed by atoms with van der Waals surface area (Å²) in [5.41, 5.74) is 1.49. The summed E-state index contributed by atoms with van der Waals surface area (Å²) in [6.07, 6.45) is 1.58. The van der Waals surface area contributed by atoms with Gasteiger partial charge in [0.1, 0.15) is 17.0 Å². The molecule has 0 unspecified atom stereocenters. The molecule has 0 saturated heterocycles. The number of rotatable bonds is 3. The molecule has 1 aromatic heterocycles. The fourth-order valence-corrected chi connectivity index (χ4v) is 1.70. The summed E-state index contributed by atoms with van der Waals surface area (Å²) in [5.74, 6) is 2.05. The summed E-state index contributed by atoms with van der Waals surface area (Å²) in [5, 5.41) is 0. The van der Waals surface area contributed by atoms with E-state index >= 15 is 0 Å². The minimum atomic E-state index is 0.516. The van der Waals surface area contributed by atoms with E-state index in [1.165, 1.54) is 0 Å². The van der Waals surface area contributed by atoms with Crippen molar-refractivity contribution in [2.24, 2.45) is 0 Å². The first-order valence-corrected chi connectivity index (χ1v) is 5.61. The third-order valence-corrected chi connectivity index (χ3v) is 2.53. The number of fused-ring (bicyclic) bond motifs is 1. The zero-order valence-electron chi connectivity index (χ0n) is 9.67. The molecule has 0 aliphatic carbocycles. The van der Waals surface area contributed by atoms with Gasteiger partial charge in [0, 0.05) is 6.07 Å². The van der Waals surface area contributed by atoms with Crippen molar-refractivity contribution >= 4 is 17.2 Å². The molecule has 0 aliphatic rings. The lowest BCUT2D eigenvalue weighted by Gasteiger charge is -2.04. The number of nitrogens with zero attached hydrogens (tertiary/aromatic N) is 1. The first-order valence-electron chi connectivity index (χ1n) is 5.61. The quantitative estimate of drug-likeness (QED) is 0.682. The van der Waals surface area contributed by atoms with Crippen LogP contribution in [0.4, 0.5) is 0 Å². The van der Waals surface area contributed by atoms with Crippen LogP contribution in [0.5, 0.6) is 11.5 Å². The van der Waals surface area contributed by atoms with Gasteiger partial charge in [0.05, 0.1) is 0 Å². The molecule has 0 radical (unpaired) electrons. The second kappa shape index (κ2) is 4.37. The molecule has 1 heterocycles. The van der Waals surface area contributed by atoms with Gasteiger partial charge < -0.3 is 9.15 Å². The molecule has 3 aromatic rings. The van der Waals surface area contributed by atoms with Crippen LogP contribution in [-0.4, -0.2) is 4.98 Å². The summed E-state index contributed by atoms with van der Waals surface area (Å²) in [6, 6.07) is 15.2. The average Bonchev–Trinajstić information content (AvgIpc) is 2.82. The van der Waals surface area contributed by atoms with Crippen molar-refractivity contribution in [2.45, 2.75) is 0 Å². The maximum absolute atomic E-state index is 5.72. The lowest BCUT2D eigenvalue weighted by Crippen LogP contribution is -1.83. The van der Waals surface area contributed by atoms with Crippen molar-refractivity contribution in [1.82, 2.24) is 4.98 Å². The van der Waals surface area contributed by atoms with E-state index in [0.717, 1.165) is 22.6 Å². The standard InChI is InChI=1S/C15H11NO2/c1-2-15-16-13-10-12(8-9-14(13)18-15)17-11-6-4-3-5-7-11/h2-10H,1H2. The number of hydrogen-bond acceptors (Lipinski definition) is 3. The second-order valence-electron chi connectivity index (χ2n) is 3.80. The number of aromatic nitrogens is 1. The van der Waals surface area contributed by atoms with E-state index in [-0.39, 0.29) is 0 Å². The van der Waals surface area contributed by atoms with Gasteiger partial charge in [-0.15, -0.1) is 0 Å². The lowest BCUT2D eigenvalue weighted by atomic mass is 10.3. The highest BCUT2D eigenvalue weighted by Crippen LogP contribution is 2.25. The van der Waals surface area contributed by atoms with Crippen molar-refractivity contribution < 1.29 is 9.15 Å². The molecule has 88 valence electrons. The zero-order valence-corrected chi connectivity index (χ0v) is 9.67. The van der Waals surface area contributed by atoms with E-state index in [4.69, 9.17) is 9.15 Å². The highest BCUT2D eigenvalue weighted by molar-refractivity contribution is 5.75. The van der Waals surface area contributed by atoms with Gasteiger partial charge in [0.2, 0.25) is 5.89 Å². The third-order valence-electron chi connectivity index (χ3n) is 2.53. The van der Waals surface area contributed by atoms with Crippen LogP contribution in [0.15, 0.2) is 59.5 Å². The predicted molar refractivity (Wildman–Crippen MR) is 70.6 cm³/mol. The molecular formula is C15H11NO2. The highest BCUT2D eigenvalue weighted by atomic mass is 16.5. The Labute approximate surface area is 104 Å². The molecule has 3 rings (SSSR count). The topological polar surface area (TPSA) is 35.3 Å². The van der Waals surface area contributed by atoms with Crippen LogP contribution in [0.1, 0.15) is 5.89 Å². The first-order chi connectivity index (χ1) is 8.85. The summed E-state index contributed by atoms with van der Waals surface area (Å²) in [7, 11) is 0. The van der Waals surface area contributed by atoms with Crippen molar-refractivity contribution in [3.05, 3.63) is 61.0 Å². The monoisotopic (exact) mass is 237 g/mol. The van der Waals surface area contributed by atoms with Crippen LogP contribution < -0.4 is 4.74 Å². The summed E-state index contributed by atoms with van der Waals surface area (Å²) < 4.78 is 11.2. The molecule has 0 spiro atoms. The van der Waals surface area contributed by atoms with Crippen LogP contribution in [0, 0.1) is 0 Å². The van der Waals surface area contributed by atoms with Gasteiger partial charge in [0.15, 0.2) is 5.58 Å². The van der Waals surface area contributed by atoms with E-state index in [9.17, 15) is 0 Å². The Morgan fingerprint density at radius 2 is 1.89 bits per heavy atom. The van der Waals surface area contributed by atoms with Gasteiger partial charge in [-0.1, -0.05) is 24.8 Å². The van der Waals surface area contributed by atoms with Crippen molar-refractivity contribution in [3.8, 4) is 11.5 Å². The Bertz CT molecular complexity index is 686. The Kier molecular flexibility index (Phi) is 2.57. The first kappa shape index (κ1) is 10.6. The normalized spacial score (nSPS) is 10.4. The molecule has 3 heteroatoms. The lowest BCUT2D eigenvalue weighted by molar-refractivity contribution is 0.483. The van der Waals surface area contributed by atoms with E-state index in [2.05, 4.69) is 11.6 Å². The minimum Gasteiger partial charge on any atom is -0.457 e. The molecule has 2 aromatic carbocycles. The van der Waals surface area contributed by atoms with Gasteiger partial charge in [-0.25, -0.2) is 4.98 Å². The van der Waals surface area contributed by atoms with Crippen molar-refractivity contribution in [2.75, 3.05) is 0 Å². The van der Waals surface area contributed by atoms with Gasteiger partial charge >= 0.3 is 0 Å². The predicted octanol–water partition coefficient (Wildman–Crippen LogP) is 4.26. The minimum absolute atomic E-state index is 0.516. The van der Waals surface area contributed by atoms with Crippen molar-refractivity contribution in [1.29, 1.82) is 0 Å². The maximum Gasteiger partial charge on any atom is 0.219 e. The molecule has 0 bridgehead atoms. The van der Waals surface area contributed by atoms with Gasteiger partial charge in [-0.2, -0.15) is 0 Å². The molecule has 0 atom stereocenters. The van der Waals surface area contributed by atoms with E-state index in [1.54, 1.807) is 6.08 Å². The van der Waals surface area contributed by atoms with Gasteiger partial charge in [-0.05, 0) is 30.3 Å². The second-order valence-corrected chi connectivity index (χ2v) is 3.80. The summed E-state index contributed by atoms with van der Waals surface area (Å²) in [6.45, 7) is 3.63. The molecule has 0 saturated carbocycles. The van der Waals surface area contributed by atoms with Gasteiger partial charge in [-0.3, -0.25) is 0 Å². The number of para-hydroxylation sites is 1. The molecule has 0 amide bonds. The molecule has 0 fully saturated rings. The van der Waals surface area contributed by atoms with Crippen LogP contribution in [0.25, 0.3) is 17.2 Å².